The molecule has 2 radical (unpaired) electrons. The molecule has 0 aliphatic rings. The minimum absolute atomic E-state index is 0. The van der Waals surface area contributed by atoms with Crippen LogP contribution >= 0.6 is 9.82 Å². The molecule has 0 saturated carbocycles. The van der Waals surface area contributed by atoms with Crippen molar-refractivity contribution in [3.63, 3.8) is 0 Å². The van der Waals surface area contributed by atoms with Crippen molar-refractivity contribution in [2.24, 2.45) is 0 Å². The summed E-state index contributed by atoms with van der Waals surface area (Å²) in [6, 6.07) is 0. The topological polar surface area (TPSA) is 0 Å². The van der Waals surface area contributed by atoms with E-state index in [4.69, 9.17) is 0 Å². The monoisotopic (exact) mass is 452 g/mol. The maximum Gasteiger partial charge on any atom is 0 e. The Labute approximate surface area is 105 Å². The Morgan fingerprint density at radius 1 is 1.20 bits per heavy atom. The molecule has 0 aliphatic heterocycles. The summed E-state index contributed by atoms with van der Waals surface area (Å²) in [5, 5.41) is 0. The van der Waals surface area contributed by atoms with E-state index in [1.54, 1.807) is 0 Å². The van der Waals surface area contributed by atoms with Gasteiger partial charge in [-0.1, -0.05) is 0 Å². The van der Waals surface area contributed by atoms with Gasteiger partial charge < -0.3 is 0 Å². The van der Waals surface area contributed by atoms with E-state index in [9.17, 15) is 0 Å². The largest absolute Gasteiger partial charge is 0 e. The van der Waals surface area contributed by atoms with E-state index in [1.165, 1.54) is 18.0 Å². The quantitative estimate of drug-likeness (QED) is 0.480. The van der Waals surface area contributed by atoms with Crippen LogP contribution in [0, 0.1) is 0 Å². The van der Waals surface area contributed by atoms with Gasteiger partial charge in [-0.25, -0.2) is 0 Å². The van der Waals surface area contributed by atoms with Crippen molar-refractivity contribution >= 4 is 47.6 Å². The van der Waals surface area contributed by atoms with Crippen molar-refractivity contribution in [2.75, 3.05) is 0 Å². The average Bonchev–Trinajstić information content (AvgIpc) is 1.00. The fourth-order valence-electron chi connectivity index (χ4n) is 0. The Morgan fingerprint density at radius 3 is 1.20 bits per heavy atom. The molecule has 0 aromatic carbocycles. The van der Waals surface area contributed by atoms with Gasteiger partial charge in [0.05, 0.1) is 0 Å². The van der Waals surface area contributed by atoms with Gasteiger partial charge in [-0.05, 0) is 0 Å². The van der Waals surface area contributed by atoms with Crippen LogP contribution < -0.4 is 0 Å². The molecule has 0 saturated heterocycles. The van der Waals surface area contributed by atoms with Crippen molar-refractivity contribution in [3.05, 3.63) is 0 Å². The van der Waals surface area contributed by atoms with Crippen molar-refractivity contribution in [1.82, 2.24) is 0 Å². The molecule has 0 amide bonds. The molecule has 0 N–H and O–H groups in total. The summed E-state index contributed by atoms with van der Waals surface area (Å²) in [5.74, 6) is 0. The standard InChI is InChI=1S/Ca.2Mo.S.W. The van der Waals surface area contributed by atoms with Gasteiger partial charge in [-0.15, -0.1) is 0 Å². The van der Waals surface area contributed by atoms with Crippen LogP contribution in [0.5, 0.6) is 0 Å². The normalized spacial score (nSPS) is 0.800. The second-order valence-corrected chi connectivity index (χ2v) is 0. The molecule has 0 nitrogen and oxygen atoms in total. The van der Waals surface area contributed by atoms with Crippen LogP contribution in [0.15, 0.2) is 0 Å². The molecule has 0 rings (SSSR count). The van der Waals surface area contributed by atoms with Crippen LogP contribution in [0.1, 0.15) is 0 Å². The van der Waals surface area contributed by atoms with Crippen molar-refractivity contribution < 1.29 is 60.1 Å². The SMILES string of the molecule is [Ca].[Mo].[S]=[Mo].[W]. The Hall–Kier alpha value is 3.54. The molecule has 0 unspecified atom stereocenters. The first-order chi connectivity index (χ1) is 1.00. The van der Waals surface area contributed by atoms with Crippen LogP contribution in [0.2, 0.25) is 0 Å². The maximum absolute atomic E-state index is 4.09. The number of hydrogen-bond donors (Lipinski definition) is 0. The molecule has 0 spiro atoms. The van der Waals surface area contributed by atoms with Crippen molar-refractivity contribution in [3.8, 4) is 0 Å². The number of rotatable bonds is 0. The Kier molecular flexibility index (Phi) is 121. The predicted molar refractivity (Wildman–Crippen MR) is 13.3 cm³/mol. The van der Waals surface area contributed by atoms with E-state index in [-0.39, 0.29) is 79.9 Å². The van der Waals surface area contributed by atoms with E-state index >= 15 is 0 Å². The van der Waals surface area contributed by atoms with Gasteiger partial charge in [-0.2, -0.15) is 0 Å². The Bertz CT molecular complexity index is 9.61. The molecule has 0 aliphatic carbocycles. The van der Waals surface area contributed by atoms with E-state index in [1.807, 2.05) is 0 Å². The van der Waals surface area contributed by atoms with Crippen LogP contribution in [0.3, 0.4) is 0 Å². The van der Waals surface area contributed by atoms with E-state index < -0.39 is 0 Å². The molecule has 5 heavy (non-hydrogen) atoms. The summed E-state index contributed by atoms with van der Waals surface area (Å²) in [6.45, 7) is 0. The van der Waals surface area contributed by atoms with Gasteiger partial charge in [0.25, 0.3) is 0 Å². The summed E-state index contributed by atoms with van der Waals surface area (Å²) in [7, 11) is 4.09. The molecule has 0 heterocycles. The van der Waals surface area contributed by atoms with E-state index in [0.717, 1.165) is 0 Å². The van der Waals surface area contributed by atoms with Gasteiger partial charge in [0.2, 0.25) is 0 Å². The van der Waals surface area contributed by atoms with Gasteiger partial charge >= 0.3 is 27.8 Å². The minimum Gasteiger partial charge on any atom is 0 e. The zero-order chi connectivity index (χ0) is 2.00. The second-order valence-electron chi connectivity index (χ2n) is 0. The summed E-state index contributed by atoms with van der Waals surface area (Å²) < 4.78 is 0. The molecule has 0 atom stereocenters. The van der Waals surface area contributed by atoms with E-state index in [2.05, 4.69) is 9.82 Å². The zero-order valence-corrected chi connectivity index (χ0v) is 12.3. The third-order valence-corrected chi connectivity index (χ3v) is 0. The van der Waals surface area contributed by atoms with Gasteiger partial charge in [-0.3, -0.25) is 0 Å². The predicted octanol–water partition coefficient (Wildman–Crippen LogP) is 0.260. The van der Waals surface area contributed by atoms with Crippen molar-refractivity contribution in [1.29, 1.82) is 0 Å². The third-order valence-electron chi connectivity index (χ3n) is 0. The molecule has 5 heteroatoms. The van der Waals surface area contributed by atoms with Crippen molar-refractivity contribution in [2.45, 2.75) is 0 Å². The first kappa shape index (κ1) is 23.5. The second kappa shape index (κ2) is 25.7. The van der Waals surface area contributed by atoms with Crippen LogP contribution in [-0.2, 0) is 60.1 Å². The summed E-state index contributed by atoms with van der Waals surface area (Å²) in [4.78, 5) is 0. The summed E-state index contributed by atoms with van der Waals surface area (Å²) in [6.07, 6.45) is 0. The zero-order valence-electron chi connectivity index (χ0n) is 2.34. The fourth-order valence-corrected chi connectivity index (χ4v) is 0. The molecule has 0 aromatic rings. The average molecular weight is 448 g/mol. The first-order valence-corrected chi connectivity index (χ1v) is 2.96. The van der Waals surface area contributed by atoms with Crippen LogP contribution in [0.25, 0.3) is 0 Å². The van der Waals surface area contributed by atoms with E-state index in [0.29, 0.717) is 0 Å². The van der Waals surface area contributed by atoms with Gasteiger partial charge in [0.1, 0.15) is 0 Å². The third kappa shape index (κ3) is 18.5. The first-order valence-electron chi connectivity index (χ1n) is 0.167. The summed E-state index contributed by atoms with van der Waals surface area (Å²) in [5.41, 5.74) is 0. The van der Waals surface area contributed by atoms with Crippen LogP contribution in [-0.4, -0.2) is 37.7 Å². The molecule has 0 fully saturated rings. The van der Waals surface area contributed by atoms with Crippen LogP contribution in [0.4, 0.5) is 0 Å². The molecule has 0 bridgehead atoms. The van der Waals surface area contributed by atoms with Gasteiger partial charge in [0.15, 0.2) is 0 Å². The smallest absolute Gasteiger partial charge is 0 e. The molecular weight excluding hydrogens is 448 g/mol. The fraction of sp³-hybridized carbons (Fsp3) is 0. The minimum atomic E-state index is 0. The Morgan fingerprint density at radius 2 is 1.20 bits per heavy atom. The molecular formula is CaMo2SW. The number of hydrogen-bond acceptors (Lipinski definition) is 1. The summed E-state index contributed by atoms with van der Waals surface area (Å²) >= 11 is 1.53. The molecule has 26 valence electrons. The maximum atomic E-state index is 4.09. The van der Waals surface area contributed by atoms with Gasteiger partial charge in [0, 0.05) is 79.9 Å². The molecule has 0 aromatic heterocycles. The Balaban J connectivity index is -0.00000000167.